The molecule has 0 aromatic heterocycles. The van der Waals surface area contributed by atoms with E-state index in [-0.39, 0.29) is 11.9 Å². The summed E-state index contributed by atoms with van der Waals surface area (Å²) >= 11 is 0. The SMILES string of the molecule is C=C(C)[C@H](C)NC(C)=O. The van der Waals surface area contributed by atoms with Crippen molar-refractivity contribution in [3.05, 3.63) is 12.2 Å². The summed E-state index contributed by atoms with van der Waals surface area (Å²) in [5.41, 5.74) is 0.977. The van der Waals surface area contributed by atoms with E-state index in [0.29, 0.717) is 0 Å². The van der Waals surface area contributed by atoms with Crippen molar-refractivity contribution < 1.29 is 4.79 Å². The molecule has 0 aliphatic heterocycles. The van der Waals surface area contributed by atoms with Gasteiger partial charge in [-0.25, -0.2) is 0 Å². The Morgan fingerprint density at radius 1 is 1.56 bits per heavy atom. The Bertz CT molecular complexity index is 129. The molecule has 0 unspecified atom stereocenters. The molecule has 0 saturated heterocycles. The van der Waals surface area contributed by atoms with Gasteiger partial charge in [-0.15, -0.1) is 0 Å². The first kappa shape index (κ1) is 8.21. The van der Waals surface area contributed by atoms with Crippen LogP contribution in [0.15, 0.2) is 12.2 Å². The molecule has 0 spiro atoms. The molecule has 2 nitrogen and oxygen atoms in total. The van der Waals surface area contributed by atoms with E-state index in [1.54, 1.807) is 0 Å². The molecule has 1 N–H and O–H groups in total. The van der Waals surface area contributed by atoms with Gasteiger partial charge in [0.05, 0.1) is 0 Å². The van der Waals surface area contributed by atoms with Crippen molar-refractivity contribution in [3.8, 4) is 0 Å². The summed E-state index contributed by atoms with van der Waals surface area (Å²) in [4.78, 5) is 10.4. The molecular weight excluding hydrogens is 114 g/mol. The fourth-order valence-corrected chi connectivity index (χ4v) is 0.428. The summed E-state index contributed by atoms with van der Waals surface area (Å²) in [7, 11) is 0. The quantitative estimate of drug-likeness (QED) is 0.553. The molecule has 9 heavy (non-hydrogen) atoms. The molecule has 0 saturated carbocycles. The number of hydrogen-bond acceptors (Lipinski definition) is 1. The molecule has 2 heteroatoms. The third kappa shape index (κ3) is 3.76. The van der Waals surface area contributed by atoms with Crippen LogP contribution in [0.25, 0.3) is 0 Å². The second-order valence-electron chi connectivity index (χ2n) is 2.27. The minimum atomic E-state index is -0.00880. The van der Waals surface area contributed by atoms with Crippen LogP contribution in [0.5, 0.6) is 0 Å². The zero-order valence-corrected chi connectivity index (χ0v) is 6.19. The van der Waals surface area contributed by atoms with E-state index in [4.69, 9.17) is 0 Å². The Labute approximate surface area is 56.0 Å². The second-order valence-corrected chi connectivity index (χ2v) is 2.27. The number of nitrogens with one attached hydrogen (secondary N) is 1. The van der Waals surface area contributed by atoms with Gasteiger partial charge in [0.2, 0.25) is 5.91 Å². The van der Waals surface area contributed by atoms with Crippen molar-refractivity contribution in [2.45, 2.75) is 26.8 Å². The van der Waals surface area contributed by atoms with E-state index < -0.39 is 0 Å². The first-order valence-corrected chi connectivity index (χ1v) is 2.96. The maximum atomic E-state index is 10.4. The molecule has 0 heterocycles. The zero-order valence-electron chi connectivity index (χ0n) is 6.19. The summed E-state index contributed by atoms with van der Waals surface area (Å²) in [6, 6.07) is 0.0995. The maximum absolute atomic E-state index is 10.4. The van der Waals surface area contributed by atoms with Crippen LogP contribution in [0.3, 0.4) is 0 Å². The van der Waals surface area contributed by atoms with Gasteiger partial charge >= 0.3 is 0 Å². The summed E-state index contributed by atoms with van der Waals surface area (Å²) in [5.74, 6) is -0.00880. The van der Waals surface area contributed by atoms with Gasteiger partial charge in [0, 0.05) is 13.0 Å². The standard InChI is InChI=1S/C7H13NO/c1-5(2)6(3)8-7(4)9/h6H,1H2,2-4H3,(H,8,9)/t6-/m0/s1. The lowest BCUT2D eigenvalue weighted by Gasteiger charge is -2.10. The molecule has 0 aliphatic carbocycles. The number of amides is 1. The lowest BCUT2D eigenvalue weighted by atomic mass is 10.2. The lowest BCUT2D eigenvalue weighted by molar-refractivity contribution is -0.119. The van der Waals surface area contributed by atoms with Crippen LogP contribution in [0, 0.1) is 0 Å². The molecule has 1 atom stereocenters. The first-order valence-electron chi connectivity index (χ1n) is 2.96. The molecular formula is C7H13NO. The lowest BCUT2D eigenvalue weighted by Crippen LogP contribution is -2.30. The van der Waals surface area contributed by atoms with Gasteiger partial charge in [-0.1, -0.05) is 12.2 Å². The highest BCUT2D eigenvalue weighted by atomic mass is 16.1. The summed E-state index contributed by atoms with van der Waals surface area (Å²) in [5, 5.41) is 2.70. The van der Waals surface area contributed by atoms with Crippen molar-refractivity contribution in [1.29, 1.82) is 0 Å². The van der Waals surface area contributed by atoms with Gasteiger partial charge < -0.3 is 5.32 Å². The highest BCUT2D eigenvalue weighted by Gasteiger charge is 2.00. The highest BCUT2D eigenvalue weighted by molar-refractivity contribution is 5.73. The summed E-state index contributed by atoms with van der Waals surface area (Å²) < 4.78 is 0. The smallest absolute Gasteiger partial charge is 0.217 e. The van der Waals surface area contributed by atoms with Crippen molar-refractivity contribution in [2.75, 3.05) is 0 Å². The predicted molar refractivity (Wildman–Crippen MR) is 38.1 cm³/mol. The molecule has 0 aromatic rings. The normalized spacial score (nSPS) is 12.3. The van der Waals surface area contributed by atoms with E-state index in [2.05, 4.69) is 11.9 Å². The first-order chi connectivity index (χ1) is 4.04. The largest absolute Gasteiger partial charge is 0.350 e. The van der Waals surface area contributed by atoms with E-state index >= 15 is 0 Å². The number of carbonyl (C=O) groups is 1. The molecule has 0 fully saturated rings. The molecule has 0 radical (unpaired) electrons. The summed E-state index contributed by atoms with van der Waals surface area (Å²) in [6.07, 6.45) is 0. The Kier molecular flexibility index (Phi) is 2.99. The Morgan fingerprint density at radius 3 is 2.11 bits per heavy atom. The summed E-state index contributed by atoms with van der Waals surface area (Å²) in [6.45, 7) is 8.99. The van der Waals surface area contributed by atoms with Crippen LogP contribution in [0.1, 0.15) is 20.8 Å². The van der Waals surface area contributed by atoms with Crippen LogP contribution >= 0.6 is 0 Å². The van der Waals surface area contributed by atoms with Crippen molar-refractivity contribution >= 4 is 5.91 Å². The number of carbonyl (C=O) groups excluding carboxylic acids is 1. The van der Waals surface area contributed by atoms with Gasteiger partial charge in [-0.05, 0) is 13.8 Å². The van der Waals surface area contributed by atoms with Gasteiger partial charge in [-0.3, -0.25) is 4.79 Å². The average molecular weight is 127 g/mol. The van der Waals surface area contributed by atoms with Crippen LogP contribution in [-0.2, 0) is 4.79 Å². The monoisotopic (exact) mass is 127 g/mol. The molecule has 0 aliphatic rings. The average Bonchev–Trinajstić information content (AvgIpc) is 1.63. The Morgan fingerprint density at radius 2 is 2.00 bits per heavy atom. The molecule has 52 valence electrons. The van der Waals surface area contributed by atoms with Gasteiger partial charge in [0.25, 0.3) is 0 Å². The van der Waals surface area contributed by atoms with Crippen molar-refractivity contribution in [1.82, 2.24) is 5.32 Å². The molecule has 1 amide bonds. The van der Waals surface area contributed by atoms with Gasteiger partial charge in [0.1, 0.15) is 0 Å². The third-order valence-corrected chi connectivity index (χ3v) is 1.16. The van der Waals surface area contributed by atoms with Crippen molar-refractivity contribution in [3.63, 3.8) is 0 Å². The van der Waals surface area contributed by atoms with E-state index in [1.807, 2.05) is 13.8 Å². The fourth-order valence-electron chi connectivity index (χ4n) is 0.428. The Hall–Kier alpha value is -0.790. The van der Waals surface area contributed by atoms with Crippen LogP contribution in [0.2, 0.25) is 0 Å². The number of rotatable bonds is 2. The highest BCUT2D eigenvalue weighted by Crippen LogP contribution is 1.94. The fraction of sp³-hybridized carbons (Fsp3) is 0.571. The Balaban J connectivity index is 3.63. The van der Waals surface area contributed by atoms with Crippen LogP contribution in [-0.4, -0.2) is 11.9 Å². The maximum Gasteiger partial charge on any atom is 0.217 e. The zero-order chi connectivity index (χ0) is 7.44. The van der Waals surface area contributed by atoms with Crippen molar-refractivity contribution in [2.24, 2.45) is 0 Å². The minimum absolute atomic E-state index is 0.00880. The number of hydrogen-bond donors (Lipinski definition) is 1. The predicted octanol–water partition coefficient (Wildman–Crippen LogP) is 1.09. The van der Waals surface area contributed by atoms with Gasteiger partial charge in [-0.2, -0.15) is 0 Å². The second kappa shape index (κ2) is 3.28. The third-order valence-electron chi connectivity index (χ3n) is 1.16. The molecule has 0 bridgehead atoms. The molecule has 0 aromatic carbocycles. The minimum Gasteiger partial charge on any atom is -0.350 e. The van der Waals surface area contributed by atoms with Crippen LogP contribution in [0.4, 0.5) is 0 Å². The topological polar surface area (TPSA) is 29.1 Å². The van der Waals surface area contributed by atoms with E-state index in [0.717, 1.165) is 5.57 Å². The molecule has 0 rings (SSSR count). The van der Waals surface area contributed by atoms with Crippen LogP contribution < -0.4 is 5.32 Å². The van der Waals surface area contributed by atoms with E-state index in [9.17, 15) is 4.79 Å². The van der Waals surface area contributed by atoms with Gasteiger partial charge in [0.15, 0.2) is 0 Å². The van der Waals surface area contributed by atoms with E-state index in [1.165, 1.54) is 6.92 Å².